The normalized spacial score (nSPS) is 15.4. The third-order valence-corrected chi connectivity index (χ3v) is 6.81. The van der Waals surface area contributed by atoms with Crippen LogP contribution in [0.15, 0.2) is 77.7 Å². The number of amides is 1. The summed E-state index contributed by atoms with van der Waals surface area (Å²) in [6.07, 6.45) is -0.271. The second-order valence-corrected chi connectivity index (χ2v) is 9.23. The summed E-state index contributed by atoms with van der Waals surface area (Å²) in [6, 6.07) is 20.0. The number of nitrogens with zero attached hydrogens (tertiary/aromatic N) is 1. The molecule has 166 valence electrons. The molecule has 4 rings (SSSR count). The molecule has 8 heteroatoms. The minimum Gasteiger partial charge on any atom is -0.494 e. The molecule has 0 saturated heterocycles. The molecule has 0 aliphatic carbocycles. The molecule has 1 heterocycles. The first kappa shape index (κ1) is 21.7. The van der Waals surface area contributed by atoms with E-state index in [1.54, 1.807) is 54.6 Å². The maximum absolute atomic E-state index is 13.3. The van der Waals surface area contributed by atoms with Gasteiger partial charge in [-0.15, -0.1) is 0 Å². The van der Waals surface area contributed by atoms with E-state index in [0.717, 1.165) is 0 Å². The van der Waals surface area contributed by atoms with E-state index in [0.29, 0.717) is 35.0 Å². The molecule has 0 fully saturated rings. The monoisotopic (exact) mass is 452 g/mol. The third kappa shape index (κ3) is 4.40. The Balaban J connectivity index is 1.51. The Kier molecular flexibility index (Phi) is 6.05. The zero-order chi connectivity index (χ0) is 22.7. The van der Waals surface area contributed by atoms with Gasteiger partial charge in [0, 0.05) is 11.3 Å². The van der Waals surface area contributed by atoms with Gasteiger partial charge in [-0.25, -0.2) is 8.42 Å². The number of rotatable bonds is 6. The molecule has 32 heavy (non-hydrogen) atoms. The molecule has 3 aromatic carbocycles. The lowest BCUT2D eigenvalue weighted by atomic mass is 10.2. The minimum absolute atomic E-state index is 0.139. The maximum Gasteiger partial charge on any atom is 0.264 e. The molecule has 0 unspecified atom stereocenters. The SMILES string of the molecule is CCOc1ccc(C(=O)Nc2ccc(S(=O)(=O)N3C[C@H](C)Oc4ccccc43)cc2)cc1. The number of ether oxygens (including phenoxy) is 2. The van der Waals surface area contributed by atoms with E-state index in [4.69, 9.17) is 9.47 Å². The number of hydrogen-bond donors (Lipinski definition) is 1. The topological polar surface area (TPSA) is 84.9 Å². The van der Waals surface area contributed by atoms with Gasteiger partial charge in [0.05, 0.1) is 23.7 Å². The van der Waals surface area contributed by atoms with Crippen LogP contribution in [0.1, 0.15) is 24.2 Å². The van der Waals surface area contributed by atoms with E-state index in [2.05, 4.69) is 5.32 Å². The van der Waals surface area contributed by atoms with Crippen molar-refractivity contribution in [1.29, 1.82) is 0 Å². The first-order valence-electron chi connectivity index (χ1n) is 10.3. The summed E-state index contributed by atoms with van der Waals surface area (Å²) in [5.41, 5.74) is 1.49. The van der Waals surface area contributed by atoms with Crippen molar-refractivity contribution >= 4 is 27.3 Å². The molecule has 0 saturated carbocycles. The second kappa shape index (κ2) is 8.92. The van der Waals surface area contributed by atoms with Crippen molar-refractivity contribution in [3.05, 3.63) is 78.4 Å². The smallest absolute Gasteiger partial charge is 0.264 e. The van der Waals surface area contributed by atoms with E-state index in [9.17, 15) is 13.2 Å². The van der Waals surface area contributed by atoms with Crippen molar-refractivity contribution in [2.75, 3.05) is 22.8 Å². The summed E-state index contributed by atoms with van der Waals surface area (Å²) in [5, 5.41) is 2.78. The molecule has 1 atom stereocenters. The van der Waals surface area contributed by atoms with Crippen LogP contribution < -0.4 is 19.1 Å². The van der Waals surface area contributed by atoms with Crippen LogP contribution in [0.25, 0.3) is 0 Å². The molecule has 0 spiro atoms. The fourth-order valence-electron chi connectivity index (χ4n) is 3.49. The first-order chi connectivity index (χ1) is 15.4. The summed E-state index contributed by atoms with van der Waals surface area (Å²) in [6.45, 7) is 4.49. The van der Waals surface area contributed by atoms with Crippen LogP contribution in [0.2, 0.25) is 0 Å². The Morgan fingerprint density at radius 3 is 2.44 bits per heavy atom. The lowest BCUT2D eigenvalue weighted by Crippen LogP contribution is -2.42. The summed E-state index contributed by atoms with van der Waals surface area (Å²) in [4.78, 5) is 12.6. The highest BCUT2D eigenvalue weighted by molar-refractivity contribution is 7.92. The van der Waals surface area contributed by atoms with Crippen molar-refractivity contribution in [3.8, 4) is 11.5 Å². The highest BCUT2D eigenvalue weighted by Gasteiger charge is 2.32. The number of sulfonamides is 1. The van der Waals surface area contributed by atoms with Crippen molar-refractivity contribution in [1.82, 2.24) is 0 Å². The number of carbonyl (C=O) groups excluding carboxylic acids is 1. The second-order valence-electron chi connectivity index (χ2n) is 7.37. The van der Waals surface area contributed by atoms with Gasteiger partial charge < -0.3 is 14.8 Å². The predicted octanol–water partition coefficient (Wildman–Crippen LogP) is 4.31. The van der Waals surface area contributed by atoms with Crippen molar-refractivity contribution in [3.63, 3.8) is 0 Å². The standard InChI is InChI=1S/C24H24N2O5S/c1-3-30-20-12-8-18(9-13-20)24(27)25-19-10-14-21(15-11-19)32(28,29)26-16-17(2)31-23-7-5-4-6-22(23)26/h4-15,17H,3,16H2,1-2H3,(H,25,27)/t17-/m0/s1. The van der Waals surface area contributed by atoms with E-state index >= 15 is 0 Å². The Bertz CT molecular complexity index is 1210. The first-order valence-corrected chi connectivity index (χ1v) is 11.7. The molecule has 1 N–H and O–H groups in total. The average molecular weight is 453 g/mol. The number of anilines is 2. The molecule has 0 bridgehead atoms. The van der Waals surface area contributed by atoms with Gasteiger partial charge >= 0.3 is 0 Å². The molecular weight excluding hydrogens is 428 g/mol. The molecule has 3 aromatic rings. The predicted molar refractivity (Wildman–Crippen MR) is 123 cm³/mol. The van der Waals surface area contributed by atoms with Crippen LogP contribution in [0.4, 0.5) is 11.4 Å². The molecule has 0 radical (unpaired) electrons. The van der Waals surface area contributed by atoms with E-state index in [-0.39, 0.29) is 23.5 Å². The molecule has 1 aliphatic heterocycles. The van der Waals surface area contributed by atoms with Crippen LogP contribution in [0.5, 0.6) is 11.5 Å². The van der Waals surface area contributed by atoms with Crippen LogP contribution in [0.3, 0.4) is 0 Å². The zero-order valence-corrected chi connectivity index (χ0v) is 18.6. The Labute approximate surface area is 187 Å². The molecule has 1 amide bonds. The number of para-hydroxylation sites is 2. The maximum atomic E-state index is 13.3. The van der Waals surface area contributed by atoms with Crippen LogP contribution in [-0.4, -0.2) is 33.6 Å². The van der Waals surface area contributed by atoms with Gasteiger partial charge in [-0.3, -0.25) is 9.10 Å². The highest BCUT2D eigenvalue weighted by Crippen LogP contribution is 2.36. The van der Waals surface area contributed by atoms with Crippen LogP contribution in [-0.2, 0) is 10.0 Å². The summed E-state index contributed by atoms with van der Waals surface area (Å²) < 4.78 is 39.1. The lowest BCUT2D eigenvalue weighted by molar-refractivity contribution is 0.102. The molecule has 0 aromatic heterocycles. The average Bonchev–Trinajstić information content (AvgIpc) is 2.79. The Morgan fingerprint density at radius 2 is 1.75 bits per heavy atom. The summed E-state index contributed by atoms with van der Waals surface area (Å²) >= 11 is 0. The largest absolute Gasteiger partial charge is 0.494 e. The van der Waals surface area contributed by atoms with Gasteiger partial charge in [0.25, 0.3) is 15.9 Å². The Morgan fingerprint density at radius 1 is 1.06 bits per heavy atom. The minimum atomic E-state index is -3.79. The van der Waals surface area contributed by atoms with Gasteiger partial charge in [0.1, 0.15) is 17.6 Å². The van der Waals surface area contributed by atoms with E-state index in [1.807, 2.05) is 19.9 Å². The Hall–Kier alpha value is -3.52. The number of nitrogens with one attached hydrogen (secondary N) is 1. The van der Waals surface area contributed by atoms with Gasteiger partial charge in [-0.05, 0) is 74.5 Å². The number of hydrogen-bond acceptors (Lipinski definition) is 5. The number of benzene rings is 3. The highest BCUT2D eigenvalue weighted by atomic mass is 32.2. The fourth-order valence-corrected chi connectivity index (χ4v) is 5.04. The van der Waals surface area contributed by atoms with E-state index < -0.39 is 10.0 Å². The fraction of sp³-hybridized carbons (Fsp3) is 0.208. The van der Waals surface area contributed by atoms with Crippen molar-refractivity contribution < 1.29 is 22.7 Å². The van der Waals surface area contributed by atoms with Gasteiger partial charge in [0.15, 0.2) is 0 Å². The van der Waals surface area contributed by atoms with Crippen molar-refractivity contribution in [2.24, 2.45) is 0 Å². The summed E-state index contributed by atoms with van der Waals surface area (Å²) in [7, 11) is -3.79. The lowest BCUT2D eigenvalue weighted by Gasteiger charge is -2.34. The summed E-state index contributed by atoms with van der Waals surface area (Å²) in [5.74, 6) is 0.936. The van der Waals surface area contributed by atoms with Crippen molar-refractivity contribution in [2.45, 2.75) is 24.8 Å². The van der Waals surface area contributed by atoms with Crippen LogP contribution >= 0.6 is 0 Å². The number of carbonyl (C=O) groups is 1. The molecule has 1 aliphatic rings. The van der Waals surface area contributed by atoms with Gasteiger partial charge in [-0.2, -0.15) is 0 Å². The third-order valence-electron chi connectivity index (χ3n) is 5.01. The van der Waals surface area contributed by atoms with Crippen LogP contribution in [0, 0.1) is 0 Å². The quantitative estimate of drug-likeness (QED) is 0.602. The molecule has 7 nitrogen and oxygen atoms in total. The van der Waals surface area contributed by atoms with E-state index in [1.165, 1.54) is 16.4 Å². The molecular formula is C24H24N2O5S. The zero-order valence-electron chi connectivity index (χ0n) is 17.8. The number of fused-ring (bicyclic) bond motifs is 1. The van der Waals surface area contributed by atoms with Gasteiger partial charge in [0.2, 0.25) is 0 Å². The van der Waals surface area contributed by atoms with Gasteiger partial charge in [-0.1, -0.05) is 12.1 Å².